The molecule has 0 spiro atoms. The molecule has 0 bridgehead atoms. The third-order valence-electron chi connectivity index (χ3n) is 2.24. The van der Waals surface area contributed by atoms with E-state index in [-0.39, 0.29) is 11.7 Å². The van der Waals surface area contributed by atoms with E-state index in [1.54, 1.807) is 18.5 Å². The molecule has 4 heteroatoms. The van der Waals surface area contributed by atoms with Crippen molar-refractivity contribution in [2.45, 2.75) is 19.8 Å². The Morgan fingerprint density at radius 3 is 2.44 bits per heavy atom. The van der Waals surface area contributed by atoms with Gasteiger partial charge < -0.3 is 0 Å². The number of aromatic nitrogens is 3. The molecule has 0 saturated heterocycles. The van der Waals surface area contributed by atoms with Crippen LogP contribution in [0.25, 0.3) is 11.4 Å². The van der Waals surface area contributed by atoms with Crippen LogP contribution in [-0.2, 0) is 0 Å². The summed E-state index contributed by atoms with van der Waals surface area (Å²) in [6, 6.07) is 3.16. The summed E-state index contributed by atoms with van der Waals surface area (Å²) < 4.78 is 13.2. The standard InChI is InChI=1S/C12H12FN3/c1-8(2)11-10(6-9(13)7-16-11)12-14-4-3-5-15-12/h3-8H,1-2H3. The largest absolute Gasteiger partial charge is 0.257 e. The van der Waals surface area contributed by atoms with E-state index < -0.39 is 0 Å². The van der Waals surface area contributed by atoms with E-state index in [1.807, 2.05) is 13.8 Å². The molecule has 0 N–H and O–H groups in total. The van der Waals surface area contributed by atoms with Crippen molar-refractivity contribution in [3.8, 4) is 11.4 Å². The minimum atomic E-state index is -0.369. The lowest BCUT2D eigenvalue weighted by molar-refractivity contribution is 0.617. The van der Waals surface area contributed by atoms with Crippen molar-refractivity contribution in [2.75, 3.05) is 0 Å². The van der Waals surface area contributed by atoms with Crippen molar-refractivity contribution in [1.29, 1.82) is 0 Å². The molecule has 82 valence electrons. The molecule has 2 rings (SSSR count). The van der Waals surface area contributed by atoms with Gasteiger partial charge in [0.1, 0.15) is 5.82 Å². The lowest BCUT2D eigenvalue weighted by Crippen LogP contribution is -2.00. The van der Waals surface area contributed by atoms with Gasteiger partial charge in [-0.3, -0.25) is 4.98 Å². The predicted octanol–water partition coefficient (Wildman–Crippen LogP) is 2.80. The number of rotatable bonds is 2. The molecule has 0 saturated carbocycles. The van der Waals surface area contributed by atoms with Crippen LogP contribution in [0.4, 0.5) is 4.39 Å². The summed E-state index contributed by atoms with van der Waals surface area (Å²) in [6.07, 6.45) is 4.50. The Labute approximate surface area is 93.4 Å². The van der Waals surface area contributed by atoms with E-state index in [4.69, 9.17) is 0 Å². The summed E-state index contributed by atoms with van der Waals surface area (Å²) in [5.74, 6) is 0.351. The lowest BCUT2D eigenvalue weighted by Gasteiger charge is -2.09. The second-order valence-corrected chi connectivity index (χ2v) is 3.81. The zero-order valence-electron chi connectivity index (χ0n) is 9.18. The molecule has 0 aliphatic heterocycles. The smallest absolute Gasteiger partial charge is 0.161 e. The number of pyridine rings is 1. The van der Waals surface area contributed by atoms with Crippen molar-refractivity contribution >= 4 is 0 Å². The van der Waals surface area contributed by atoms with Crippen molar-refractivity contribution in [2.24, 2.45) is 0 Å². The topological polar surface area (TPSA) is 38.7 Å². The molecule has 2 heterocycles. The molecule has 0 aromatic carbocycles. The summed E-state index contributed by atoms with van der Waals surface area (Å²) in [5, 5.41) is 0. The number of hydrogen-bond acceptors (Lipinski definition) is 3. The first-order valence-corrected chi connectivity index (χ1v) is 5.11. The van der Waals surface area contributed by atoms with Crippen LogP contribution in [0.1, 0.15) is 25.5 Å². The van der Waals surface area contributed by atoms with Crippen LogP contribution in [0.2, 0.25) is 0 Å². The first kappa shape index (κ1) is 10.7. The molecular formula is C12H12FN3. The molecule has 0 unspecified atom stereocenters. The minimum absolute atomic E-state index is 0.208. The second kappa shape index (κ2) is 4.35. The van der Waals surface area contributed by atoms with Crippen molar-refractivity contribution in [3.05, 3.63) is 42.2 Å². The Morgan fingerprint density at radius 2 is 1.81 bits per heavy atom. The predicted molar refractivity (Wildman–Crippen MR) is 59.3 cm³/mol. The highest BCUT2D eigenvalue weighted by atomic mass is 19.1. The Bertz CT molecular complexity index is 483. The van der Waals surface area contributed by atoms with E-state index in [1.165, 1.54) is 12.3 Å². The Hall–Kier alpha value is -1.84. The molecule has 0 atom stereocenters. The van der Waals surface area contributed by atoms with E-state index in [9.17, 15) is 4.39 Å². The number of nitrogens with zero attached hydrogens (tertiary/aromatic N) is 3. The summed E-state index contributed by atoms with van der Waals surface area (Å²) in [6.45, 7) is 4.01. The van der Waals surface area contributed by atoms with Crippen molar-refractivity contribution < 1.29 is 4.39 Å². The lowest BCUT2D eigenvalue weighted by atomic mass is 10.0. The van der Waals surface area contributed by atoms with Crippen LogP contribution in [0.3, 0.4) is 0 Å². The van der Waals surface area contributed by atoms with Crippen LogP contribution < -0.4 is 0 Å². The van der Waals surface area contributed by atoms with Crippen LogP contribution >= 0.6 is 0 Å². The molecule has 16 heavy (non-hydrogen) atoms. The fraction of sp³-hybridized carbons (Fsp3) is 0.250. The van der Waals surface area contributed by atoms with Gasteiger partial charge >= 0.3 is 0 Å². The van der Waals surface area contributed by atoms with Crippen LogP contribution in [-0.4, -0.2) is 15.0 Å². The van der Waals surface area contributed by atoms with E-state index in [2.05, 4.69) is 15.0 Å². The monoisotopic (exact) mass is 217 g/mol. The third-order valence-corrected chi connectivity index (χ3v) is 2.24. The first-order valence-electron chi connectivity index (χ1n) is 5.11. The highest BCUT2D eigenvalue weighted by molar-refractivity contribution is 5.58. The molecule has 0 fully saturated rings. The van der Waals surface area contributed by atoms with E-state index in [0.717, 1.165) is 5.69 Å². The van der Waals surface area contributed by atoms with Gasteiger partial charge in [0, 0.05) is 18.0 Å². The molecule has 0 radical (unpaired) electrons. The minimum Gasteiger partial charge on any atom is -0.257 e. The van der Waals surface area contributed by atoms with Gasteiger partial charge in [-0.05, 0) is 18.1 Å². The normalized spacial score (nSPS) is 10.8. The first-order chi connectivity index (χ1) is 7.68. The molecule has 2 aromatic heterocycles. The van der Waals surface area contributed by atoms with Gasteiger partial charge in [-0.1, -0.05) is 13.8 Å². The molecule has 0 amide bonds. The van der Waals surface area contributed by atoms with Crippen molar-refractivity contribution in [3.63, 3.8) is 0 Å². The maximum atomic E-state index is 13.2. The Morgan fingerprint density at radius 1 is 1.12 bits per heavy atom. The van der Waals surface area contributed by atoms with Crippen LogP contribution in [0.5, 0.6) is 0 Å². The molecular weight excluding hydrogens is 205 g/mol. The van der Waals surface area contributed by atoms with E-state index in [0.29, 0.717) is 11.4 Å². The summed E-state index contributed by atoms with van der Waals surface area (Å²) >= 11 is 0. The zero-order valence-corrected chi connectivity index (χ0v) is 9.18. The number of halogens is 1. The van der Waals surface area contributed by atoms with E-state index >= 15 is 0 Å². The third kappa shape index (κ3) is 2.05. The Balaban J connectivity index is 2.58. The van der Waals surface area contributed by atoms with Gasteiger partial charge in [0.25, 0.3) is 0 Å². The number of hydrogen-bond donors (Lipinski definition) is 0. The highest BCUT2D eigenvalue weighted by Gasteiger charge is 2.12. The van der Waals surface area contributed by atoms with Crippen LogP contribution in [0.15, 0.2) is 30.7 Å². The Kier molecular flexibility index (Phi) is 2.90. The fourth-order valence-electron chi connectivity index (χ4n) is 1.53. The highest BCUT2D eigenvalue weighted by Crippen LogP contribution is 2.24. The second-order valence-electron chi connectivity index (χ2n) is 3.81. The van der Waals surface area contributed by atoms with Gasteiger partial charge in [0.05, 0.1) is 11.9 Å². The van der Waals surface area contributed by atoms with Crippen molar-refractivity contribution in [1.82, 2.24) is 15.0 Å². The quantitative estimate of drug-likeness (QED) is 0.776. The van der Waals surface area contributed by atoms with Gasteiger partial charge in [0.2, 0.25) is 0 Å². The van der Waals surface area contributed by atoms with Gasteiger partial charge in [0.15, 0.2) is 5.82 Å². The molecule has 0 aliphatic rings. The summed E-state index contributed by atoms with van der Waals surface area (Å²) in [4.78, 5) is 12.3. The molecule has 3 nitrogen and oxygen atoms in total. The average molecular weight is 217 g/mol. The van der Waals surface area contributed by atoms with Gasteiger partial charge in [-0.2, -0.15) is 0 Å². The maximum Gasteiger partial charge on any atom is 0.161 e. The molecule has 2 aromatic rings. The fourth-order valence-corrected chi connectivity index (χ4v) is 1.53. The van der Waals surface area contributed by atoms with Crippen LogP contribution in [0, 0.1) is 5.82 Å². The SMILES string of the molecule is CC(C)c1ncc(F)cc1-c1ncccn1. The maximum absolute atomic E-state index is 13.2. The summed E-state index contributed by atoms with van der Waals surface area (Å²) in [5.41, 5.74) is 1.48. The zero-order chi connectivity index (χ0) is 11.5. The average Bonchev–Trinajstić information content (AvgIpc) is 2.29. The van der Waals surface area contributed by atoms with Gasteiger partial charge in [-0.25, -0.2) is 14.4 Å². The molecule has 0 aliphatic carbocycles. The van der Waals surface area contributed by atoms with Gasteiger partial charge in [-0.15, -0.1) is 0 Å². The summed E-state index contributed by atoms with van der Waals surface area (Å²) in [7, 11) is 0.